The summed E-state index contributed by atoms with van der Waals surface area (Å²) < 4.78 is 0. The average molecular weight is 471 g/mol. The molecule has 0 aromatic heterocycles. The molecule has 1 aromatic rings. The molecular formula is C20H34IN5. The molecule has 0 aliphatic carbocycles. The van der Waals surface area contributed by atoms with Gasteiger partial charge in [0.15, 0.2) is 5.96 Å². The van der Waals surface area contributed by atoms with Gasteiger partial charge in [0, 0.05) is 44.5 Å². The predicted octanol–water partition coefficient (Wildman–Crippen LogP) is 2.92. The number of nitrogens with one attached hydrogen (secondary N) is 2. The Morgan fingerprint density at radius 2 is 1.92 bits per heavy atom. The monoisotopic (exact) mass is 471 g/mol. The molecule has 2 heterocycles. The summed E-state index contributed by atoms with van der Waals surface area (Å²) in [5.41, 5.74) is 1.31. The second kappa shape index (κ2) is 11.0. The van der Waals surface area contributed by atoms with Gasteiger partial charge in [0.1, 0.15) is 0 Å². The highest BCUT2D eigenvalue weighted by molar-refractivity contribution is 14.0. The molecule has 146 valence electrons. The maximum absolute atomic E-state index is 4.44. The van der Waals surface area contributed by atoms with E-state index in [2.05, 4.69) is 62.7 Å². The quantitative estimate of drug-likeness (QED) is 0.381. The lowest BCUT2D eigenvalue weighted by Crippen LogP contribution is -2.49. The van der Waals surface area contributed by atoms with Crippen LogP contribution in [0, 0.1) is 0 Å². The Labute approximate surface area is 175 Å². The third-order valence-corrected chi connectivity index (χ3v) is 5.51. The highest BCUT2D eigenvalue weighted by Gasteiger charge is 2.24. The molecule has 2 atom stereocenters. The Bertz CT molecular complexity index is 544. The van der Waals surface area contributed by atoms with Gasteiger partial charge < -0.3 is 15.5 Å². The lowest BCUT2D eigenvalue weighted by molar-refractivity contribution is 0.236. The first-order valence-electron chi connectivity index (χ1n) is 9.81. The number of guanidine groups is 1. The number of rotatable bonds is 6. The summed E-state index contributed by atoms with van der Waals surface area (Å²) in [6.07, 6.45) is 5.04. The highest BCUT2D eigenvalue weighted by Crippen LogP contribution is 2.19. The predicted molar refractivity (Wildman–Crippen MR) is 122 cm³/mol. The van der Waals surface area contributed by atoms with Crippen molar-refractivity contribution in [2.75, 3.05) is 44.7 Å². The number of aliphatic imine (C=N–C) groups is 1. The van der Waals surface area contributed by atoms with Crippen LogP contribution in [0.15, 0.2) is 35.3 Å². The number of likely N-dealkylation sites (tertiary alicyclic amines) is 1. The van der Waals surface area contributed by atoms with E-state index in [-0.39, 0.29) is 24.0 Å². The van der Waals surface area contributed by atoms with Crippen LogP contribution in [0.25, 0.3) is 0 Å². The summed E-state index contributed by atoms with van der Waals surface area (Å²) in [5, 5.41) is 7.17. The topological polar surface area (TPSA) is 42.9 Å². The molecule has 2 unspecified atom stereocenters. The van der Waals surface area contributed by atoms with Crippen molar-refractivity contribution in [2.45, 2.75) is 44.7 Å². The molecule has 1 aromatic carbocycles. The van der Waals surface area contributed by atoms with E-state index in [0.717, 1.165) is 32.0 Å². The van der Waals surface area contributed by atoms with E-state index in [0.29, 0.717) is 12.1 Å². The number of benzene rings is 1. The van der Waals surface area contributed by atoms with Crippen molar-refractivity contribution >= 4 is 35.6 Å². The van der Waals surface area contributed by atoms with E-state index >= 15 is 0 Å². The molecule has 0 saturated carbocycles. The van der Waals surface area contributed by atoms with Crippen molar-refractivity contribution in [3.63, 3.8) is 0 Å². The van der Waals surface area contributed by atoms with Gasteiger partial charge in [-0.2, -0.15) is 0 Å². The second-order valence-corrected chi connectivity index (χ2v) is 7.17. The van der Waals surface area contributed by atoms with Crippen LogP contribution in [-0.4, -0.2) is 62.7 Å². The zero-order chi connectivity index (χ0) is 17.5. The first kappa shape index (κ1) is 21.3. The Kier molecular flexibility index (Phi) is 8.98. The summed E-state index contributed by atoms with van der Waals surface area (Å²) >= 11 is 0. The fourth-order valence-corrected chi connectivity index (χ4v) is 3.99. The SMILES string of the molecule is CCC(CNC(=NC)NC1CCN(c2ccccc2)C1)N1CCCC1.I. The molecular weight excluding hydrogens is 437 g/mol. The van der Waals surface area contributed by atoms with Crippen LogP contribution in [0.2, 0.25) is 0 Å². The van der Waals surface area contributed by atoms with E-state index in [1.54, 1.807) is 0 Å². The Morgan fingerprint density at radius 3 is 2.58 bits per heavy atom. The van der Waals surface area contributed by atoms with E-state index in [9.17, 15) is 0 Å². The third kappa shape index (κ3) is 5.74. The lowest BCUT2D eigenvalue weighted by atomic mass is 10.2. The third-order valence-electron chi connectivity index (χ3n) is 5.51. The molecule has 2 saturated heterocycles. The largest absolute Gasteiger partial charge is 0.369 e. The van der Waals surface area contributed by atoms with Gasteiger partial charge in [0.2, 0.25) is 0 Å². The summed E-state index contributed by atoms with van der Waals surface area (Å²) in [5.74, 6) is 0.942. The normalized spacial score (nSPS) is 22.2. The minimum absolute atomic E-state index is 0. The fourth-order valence-electron chi connectivity index (χ4n) is 3.99. The van der Waals surface area contributed by atoms with Crippen molar-refractivity contribution < 1.29 is 0 Å². The summed E-state index contributed by atoms with van der Waals surface area (Å²) in [6, 6.07) is 11.8. The molecule has 2 fully saturated rings. The minimum atomic E-state index is 0. The van der Waals surface area contributed by atoms with E-state index in [1.165, 1.54) is 38.0 Å². The van der Waals surface area contributed by atoms with Gasteiger partial charge in [-0.05, 0) is 50.9 Å². The Morgan fingerprint density at radius 1 is 1.19 bits per heavy atom. The molecule has 0 bridgehead atoms. The maximum Gasteiger partial charge on any atom is 0.191 e. The van der Waals surface area contributed by atoms with Crippen molar-refractivity contribution in [1.82, 2.24) is 15.5 Å². The van der Waals surface area contributed by atoms with Crippen molar-refractivity contribution in [3.8, 4) is 0 Å². The molecule has 2 aliphatic rings. The summed E-state index contributed by atoms with van der Waals surface area (Å²) in [4.78, 5) is 9.51. The van der Waals surface area contributed by atoms with E-state index < -0.39 is 0 Å². The maximum atomic E-state index is 4.44. The highest BCUT2D eigenvalue weighted by atomic mass is 127. The molecule has 26 heavy (non-hydrogen) atoms. The number of anilines is 1. The zero-order valence-corrected chi connectivity index (χ0v) is 18.5. The molecule has 5 nitrogen and oxygen atoms in total. The van der Waals surface area contributed by atoms with Crippen LogP contribution in [-0.2, 0) is 0 Å². The number of hydrogen-bond acceptors (Lipinski definition) is 3. The van der Waals surface area contributed by atoms with Crippen molar-refractivity contribution in [2.24, 2.45) is 4.99 Å². The number of para-hydroxylation sites is 1. The minimum Gasteiger partial charge on any atom is -0.369 e. The van der Waals surface area contributed by atoms with Gasteiger partial charge in [-0.15, -0.1) is 24.0 Å². The molecule has 3 rings (SSSR count). The van der Waals surface area contributed by atoms with Crippen LogP contribution in [0.1, 0.15) is 32.6 Å². The van der Waals surface area contributed by atoms with Crippen LogP contribution in [0.4, 0.5) is 5.69 Å². The van der Waals surface area contributed by atoms with Crippen LogP contribution in [0.5, 0.6) is 0 Å². The Balaban J connectivity index is 0.00000243. The summed E-state index contributed by atoms with van der Waals surface area (Å²) in [7, 11) is 1.87. The molecule has 6 heteroatoms. The van der Waals surface area contributed by atoms with Crippen LogP contribution in [0.3, 0.4) is 0 Å². The molecule has 2 aliphatic heterocycles. The molecule has 0 amide bonds. The number of nitrogens with zero attached hydrogens (tertiary/aromatic N) is 3. The smallest absolute Gasteiger partial charge is 0.191 e. The van der Waals surface area contributed by atoms with E-state index in [1.807, 2.05) is 7.05 Å². The second-order valence-electron chi connectivity index (χ2n) is 7.17. The van der Waals surface area contributed by atoms with Gasteiger partial charge in [0.25, 0.3) is 0 Å². The molecule has 2 N–H and O–H groups in total. The van der Waals surface area contributed by atoms with Crippen LogP contribution < -0.4 is 15.5 Å². The molecule has 0 radical (unpaired) electrons. The standard InChI is InChI=1S/C20H33N5.HI/c1-3-18(24-12-7-8-13-24)15-22-20(21-2)23-17-11-14-25(16-17)19-9-5-4-6-10-19;/h4-6,9-10,17-18H,3,7-8,11-16H2,1-2H3,(H2,21,22,23);1H. The molecule has 0 spiro atoms. The number of hydrogen-bond donors (Lipinski definition) is 2. The van der Waals surface area contributed by atoms with Gasteiger partial charge in [-0.25, -0.2) is 0 Å². The van der Waals surface area contributed by atoms with Gasteiger partial charge >= 0.3 is 0 Å². The zero-order valence-electron chi connectivity index (χ0n) is 16.2. The summed E-state index contributed by atoms with van der Waals surface area (Å²) in [6.45, 7) is 7.90. The van der Waals surface area contributed by atoms with Gasteiger partial charge in [-0.3, -0.25) is 9.89 Å². The average Bonchev–Trinajstić information content (AvgIpc) is 3.34. The van der Waals surface area contributed by atoms with Gasteiger partial charge in [0.05, 0.1) is 0 Å². The lowest BCUT2D eigenvalue weighted by Gasteiger charge is -2.28. The van der Waals surface area contributed by atoms with E-state index in [4.69, 9.17) is 0 Å². The van der Waals surface area contributed by atoms with Gasteiger partial charge in [-0.1, -0.05) is 25.1 Å². The first-order valence-corrected chi connectivity index (χ1v) is 9.81. The Hall–Kier alpha value is -1.02. The fraction of sp³-hybridized carbons (Fsp3) is 0.650. The van der Waals surface area contributed by atoms with Crippen molar-refractivity contribution in [3.05, 3.63) is 30.3 Å². The first-order chi connectivity index (χ1) is 12.3. The van der Waals surface area contributed by atoms with Crippen molar-refractivity contribution in [1.29, 1.82) is 0 Å². The van der Waals surface area contributed by atoms with Crippen LogP contribution >= 0.6 is 24.0 Å². The number of halogens is 1.